The van der Waals surface area contributed by atoms with Gasteiger partial charge >= 0.3 is 5.97 Å². The van der Waals surface area contributed by atoms with Crippen molar-refractivity contribution in [2.24, 2.45) is 11.8 Å². The lowest BCUT2D eigenvalue weighted by Gasteiger charge is -2.35. The number of nitrogens with zero attached hydrogens (tertiary/aromatic N) is 2. The van der Waals surface area contributed by atoms with Crippen LogP contribution in [0.5, 0.6) is 0 Å². The maximum absolute atomic E-state index is 13.7. The first-order valence-electron chi connectivity index (χ1n) is 10.9. The van der Waals surface area contributed by atoms with Gasteiger partial charge in [0.2, 0.25) is 11.8 Å². The minimum absolute atomic E-state index is 0.110. The summed E-state index contributed by atoms with van der Waals surface area (Å²) in [4.78, 5) is 42.1. The normalized spacial score (nSPS) is 30.6. The molecule has 2 fully saturated rings. The van der Waals surface area contributed by atoms with E-state index in [1.165, 1.54) is 4.90 Å². The highest BCUT2D eigenvalue weighted by atomic mass is 16.5. The van der Waals surface area contributed by atoms with Crippen molar-refractivity contribution in [1.29, 1.82) is 0 Å². The van der Waals surface area contributed by atoms with Crippen molar-refractivity contribution < 1.29 is 34.1 Å². The molecule has 0 aromatic heterocycles. The number of aliphatic carboxylic acids is 1. The van der Waals surface area contributed by atoms with Gasteiger partial charge in [-0.1, -0.05) is 38.0 Å². The van der Waals surface area contributed by atoms with Gasteiger partial charge in [-0.2, -0.15) is 0 Å². The van der Waals surface area contributed by atoms with Gasteiger partial charge in [0.1, 0.15) is 17.6 Å². The zero-order valence-corrected chi connectivity index (χ0v) is 17.9. The average molecular weight is 437 g/mol. The maximum Gasteiger partial charge on any atom is 0.310 e. The van der Waals surface area contributed by atoms with Gasteiger partial charge in [-0.05, 0) is 6.42 Å². The van der Waals surface area contributed by atoms with Crippen LogP contribution in [0.4, 0.5) is 0 Å². The number of carboxylic acid groups (broad SMARTS) is 1. The molecule has 9 heteroatoms. The summed E-state index contributed by atoms with van der Waals surface area (Å²) in [6, 6.07) is -0.963. The SMILES string of the molecule is C=CCN(CCCCC)C(=O)C1N(CCOCCO)C(=O)C2C(C(=O)O)C3C=CC21O3. The lowest BCUT2D eigenvalue weighted by molar-refractivity contribution is -0.150. The van der Waals surface area contributed by atoms with E-state index in [0.717, 1.165) is 19.3 Å². The number of aliphatic hydroxyl groups excluding tert-OH is 1. The molecule has 3 heterocycles. The van der Waals surface area contributed by atoms with E-state index in [1.807, 2.05) is 0 Å². The Kier molecular flexibility index (Phi) is 7.51. The second-order valence-electron chi connectivity index (χ2n) is 8.19. The minimum Gasteiger partial charge on any atom is -0.481 e. The predicted molar refractivity (Wildman–Crippen MR) is 111 cm³/mol. The lowest BCUT2D eigenvalue weighted by Crippen LogP contribution is -2.56. The molecule has 2 saturated heterocycles. The smallest absolute Gasteiger partial charge is 0.310 e. The van der Waals surface area contributed by atoms with Crippen molar-refractivity contribution in [3.63, 3.8) is 0 Å². The first kappa shape index (κ1) is 23.4. The molecule has 2 amide bonds. The number of unbranched alkanes of at least 4 members (excludes halogenated alkanes) is 2. The van der Waals surface area contributed by atoms with Crippen molar-refractivity contribution in [1.82, 2.24) is 9.80 Å². The summed E-state index contributed by atoms with van der Waals surface area (Å²) in [7, 11) is 0. The van der Waals surface area contributed by atoms with Crippen LogP contribution in [0.15, 0.2) is 24.8 Å². The standard InChI is InChI=1S/C22H32N2O7/c1-3-5-6-10-23(9-4-2)20(27)18-22-8-7-15(31-22)16(21(28)29)17(22)19(26)24(18)11-13-30-14-12-25/h4,7-8,15-18,25H,2-3,5-6,9-14H2,1H3,(H,28,29). The van der Waals surface area contributed by atoms with E-state index < -0.39 is 41.5 Å². The van der Waals surface area contributed by atoms with Gasteiger partial charge in [0, 0.05) is 19.6 Å². The van der Waals surface area contributed by atoms with E-state index in [1.54, 1.807) is 23.1 Å². The molecule has 9 nitrogen and oxygen atoms in total. The monoisotopic (exact) mass is 436 g/mol. The minimum atomic E-state index is -1.29. The largest absolute Gasteiger partial charge is 0.481 e. The number of carbonyl (C=O) groups is 3. The van der Waals surface area contributed by atoms with Gasteiger partial charge in [-0.25, -0.2) is 0 Å². The number of likely N-dealkylation sites (tertiary alicyclic amines) is 1. The first-order chi connectivity index (χ1) is 14.9. The summed E-state index contributed by atoms with van der Waals surface area (Å²) in [5.74, 6) is -3.76. The molecule has 0 aromatic carbocycles. The molecule has 3 aliphatic heterocycles. The average Bonchev–Trinajstić information content (AvgIpc) is 3.38. The second-order valence-corrected chi connectivity index (χ2v) is 8.19. The van der Waals surface area contributed by atoms with E-state index in [0.29, 0.717) is 13.1 Å². The molecular formula is C22H32N2O7. The van der Waals surface area contributed by atoms with Gasteiger partial charge in [-0.3, -0.25) is 14.4 Å². The molecule has 3 aliphatic rings. The summed E-state index contributed by atoms with van der Waals surface area (Å²) in [5, 5.41) is 18.7. The van der Waals surface area contributed by atoms with E-state index in [9.17, 15) is 19.5 Å². The Morgan fingerprint density at radius 2 is 2.16 bits per heavy atom. The van der Waals surface area contributed by atoms with Crippen molar-refractivity contribution in [2.75, 3.05) is 39.5 Å². The molecule has 31 heavy (non-hydrogen) atoms. The van der Waals surface area contributed by atoms with Crippen LogP contribution in [-0.4, -0.2) is 95.0 Å². The van der Waals surface area contributed by atoms with E-state index >= 15 is 0 Å². The molecule has 0 saturated carbocycles. The molecule has 5 unspecified atom stereocenters. The molecule has 172 valence electrons. The van der Waals surface area contributed by atoms with Crippen molar-refractivity contribution >= 4 is 17.8 Å². The summed E-state index contributed by atoms with van der Waals surface area (Å²) < 4.78 is 11.4. The molecule has 0 radical (unpaired) electrons. The van der Waals surface area contributed by atoms with Crippen LogP contribution in [0.25, 0.3) is 0 Å². The zero-order chi connectivity index (χ0) is 22.6. The van der Waals surface area contributed by atoms with E-state index in [4.69, 9.17) is 14.6 Å². The third-order valence-electron chi connectivity index (χ3n) is 6.30. The van der Waals surface area contributed by atoms with Crippen LogP contribution in [0.3, 0.4) is 0 Å². The quantitative estimate of drug-likeness (QED) is 0.318. The Labute approximate surface area is 182 Å². The number of carbonyl (C=O) groups excluding carboxylic acids is 2. The fourth-order valence-electron chi connectivity index (χ4n) is 4.97. The highest BCUT2D eigenvalue weighted by Gasteiger charge is 2.73. The number of carboxylic acids is 1. The van der Waals surface area contributed by atoms with Crippen molar-refractivity contribution in [3.8, 4) is 0 Å². The van der Waals surface area contributed by atoms with E-state index in [2.05, 4.69) is 13.5 Å². The summed E-state index contributed by atoms with van der Waals surface area (Å²) in [6.07, 6.45) is 7.08. The second kappa shape index (κ2) is 9.93. The fraction of sp³-hybridized carbons (Fsp3) is 0.682. The van der Waals surface area contributed by atoms with Crippen molar-refractivity contribution in [2.45, 2.75) is 43.9 Å². The third-order valence-corrected chi connectivity index (χ3v) is 6.30. The zero-order valence-electron chi connectivity index (χ0n) is 17.9. The van der Waals surface area contributed by atoms with Crippen LogP contribution in [0.1, 0.15) is 26.2 Å². The van der Waals surface area contributed by atoms with Gasteiger partial charge < -0.3 is 29.5 Å². The summed E-state index contributed by atoms with van der Waals surface area (Å²) >= 11 is 0. The van der Waals surface area contributed by atoms with E-state index in [-0.39, 0.29) is 32.3 Å². The number of hydrogen-bond donors (Lipinski definition) is 2. The molecular weight excluding hydrogens is 404 g/mol. The Balaban J connectivity index is 1.91. The Bertz CT molecular complexity index is 739. The topological polar surface area (TPSA) is 117 Å². The number of ether oxygens (including phenoxy) is 2. The third kappa shape index (κ3) is 4.14. The van der Waals surface area contributed by atoms with Gasteiger partial charge in [0.15, 0.2) is 0 Å². The highest BCUT2D eigenvalue weighted by molar-refractivity contribution is 5.99. The van der Waals surface area contributed by atoms with Crippen LogP contribution in [0, 0.1) is 11.8 Å². The molecule has 5 atom stereocenters. The molecule has 1 spiro atoms. The van der Waals surface area contributed by atoms with Gasteiger partial charge in [0.25, 0.3) is 0 Å². The number of aliphatic hydroxyl groups is 1. The predicted octanol–water partition coefficient (Wildman–Crippen LogP) is 0.435. The van der Waals surface area contributed by atoms with Crippen molar-refractivity contribution in [3.05, 3.63) is 24.8 Å². The Morgan fingerprint density at radius 3 is 2.81 bits per heavy atom. The molecule has 3 rings (SSSR count). The van der Waals surface area contributed by atoms with Crippen LogP contribution < -0.4 is 0 Å². The number of fused-ring (bicyclic) bond motifs is 1. The van der Waals surface area contributed by atoms with Gasteiger partial charge in [-0.15, -0.1) is 6.58 Å². The number of rotatable bonds is 13. The summed E-state index contributed by atoms with van der Waals surface area (Å²) in [6.45, 7) is 6.88. The molecule has 0 aliphatic carbocycles. The van der Waals surface area contributed by atoms with Crippen LogP contribution >= 0.6 is 0 Å². The molecule has 2 bridgehead atoms. The lowest BCUT2D eigenvalue weighted by atomic mass is 9.74. The highest BCUT2D eigenvalue weighted by Crippen LogP contribution is 2.55. The molecule has 0 aromatic rings. The first-order valence-corrected chi connectivity index (χ1v) is 10.9. The molecule has 2 N–H and O–H groups in total. The fourth-order valence-corrected chi connectivity index (χ4v) is 4.97. The van der Waals surface area contributed by atoms with Gasteiger partial charge in [0.05, 0.1) is 31.8 Å². The Hall–Kier alpha value is -2.23. The van der Waals surface area contributed by atoms with Crippen LogP contribution in [0.2, 0.25) is 0 Å². The number of amides is 2. The maximum atomic E-state index is 13.7. The van der Waals surface area contributed by atoms with Crippen LogP contribution in [-0.2, 0) is 23.9 Å². The summed E-state index contributed by atoms with van der Waals surface area (Å²) in [5.41, 5.74) is -1.29. The number of hydrogen-bond acceptors (Lipinski definition) is 6. The Morgan fingerprint density at radius 1 is 1.39 bits per heavy atom.